The Balaban J connectivity index is 3.16. The maximum atomic E-state index is 12.2. The number of imide groups is 1. The van der Waals surface area contributed by atoms with Crippen molar-refractivity contribution in [2.24, 2.45) is 0 Å². The highest BCUT2D eigenvalue weighted by Crippen LogP contribution is 2.24. The van der Waals surface area contributed by atoms with Crippen molar-refractivity contribution in [2.75, 3.05) is 0 Å². The summed E-state index contributed by atoms with van der Waals surface area (Å²) in [6.45, 7) is 4.21. The highest BCUT2D eigenvalue weighted by molar-refractivity contribution is 6.40. The summed E-state index contributed by atoms with van der Waals surface area (Å²) in [6, 6.07) is -0.364. The zero-order chi connectivity index (χ0) is 15.4. The van der Waals surface area contributed by atoms with Gasteiger partial charge in [0.1, 0.15) is 0 Å². The van der Waals surface area contributed by atoms with Crippen molar-refractivity contribution in [3.05, 3.63) is 16.1 Å². The number of rotatable bonds is 5. The van der Waals surface area contributed by atoms with Crippen molar-refractivity contribution in [3.63, 3.8) is 0 Å². The van der Waals surface area contributed by atoms with Crippen LogP contribution < -0.4 is 0 Å². The molecule has 0 atom stereocenters. The molecule has 9 heteroatoms. The minimum absolute atomic E-state index is 0.0501. The normalized spacial score (nSPS) is 10.5. The van der Waals surface area contributed by atoms with Gasteiger partial charge in [-0.15, -0.1) is 0 Å². The zero-order valence-electron chi connectivity index (χ0n) is 11.1. The number of halogens is 2. The highest BCUT2D eigenvalue weighted by atomic mass is 35.5. The second kappa shape index (κ2) is 6.71. The van der Waals surface area contributed by atoms with Crippen molar-refractivity contribution in [3.8, 4) is 0 Å². The van der Waals surface area contributed by atoms with E-state index in [0.29, 0.717) is 6.41 Å². The lowest BCUT2D eigenvalue weighted by Crippen LogP contribution is -2.37. The fourth-order valence-electron chi connectivity index (χ4n) is 1.36. The largest absolute Gasteiger partial charge is 0.444 e. The third kappa shape index (κ3) is 3.49. The van der Waals surface area contributed by atoms with Crippen LogP contribution in [-0.2, 0) is 21.1 Å². The van der Waals surface area contributed by atoms with Gasteiger partial charge in [-0.2, -0.15) is 0 Å². The van der Waals surface area contributed by atoms with E-state index in [9.17, 15) is 14.4 Å². The molecule has 0 aliphatic carbocycles. The molecule has 0 saturated carbocycles. The minimum Gasteiger partial charge on any atom is -0.444 e. The van der Waals surface area contributed by atoms with Crippen LogP contribution in [0.5, 0.6) is 0 Å². The molecular weight excluding hydrogens is 309 g/mol. The highest BCUT2D eigenvalue weighted by Gasteiger charge is 2.26. The standard InChI is InChI=1S/C11H13Cl2N3O4/c1-6(2)15(4-17)11(19)10-14-8(12)9(13)16(10)5-20-7(3)18/h4,6H,5H2,1-3H3. The van der Waals surface area contributed by atoms with Crippen molar-refractivity contribution in [2.45, 2.75) is 33.5 Å². The SMILES string of the molecule is CC(=O)OCn1c(C(=O)N(C=O)C(C)C)nc(Cl)c1Cl. The van der Waals surface area contributed by atoms with E-state index in [-0.39, 0.29) is 28.9 Å². The van der Waals surface area contributed by atoms with E-state index in [0.717, 1.165) is 9.47 Å². The molecule has 110 valence electrons. The van der Waals surface area contributed by atoms with Crippen LogP contribution in [0.2, 0.25) is 10.3 Å². The van der Waals surface area contributed by atoms with E-state index in [1.165, 1.54) is 6.92 Å². The first-order valence-corrected chi connectivity index (χ1v) is 6.38. The summed E-state index contributed by atoms with van der Waals surface area (Å²) < 4.78 is 5.89. The lowest BCUT2D eigenvalue weighted by atomic mass is 10.3. The summed E-state index contributed by atoms with van der Waals surface area (Å²) in [5, 5.41) is -0.164. The Kier molecular flexibility index (Phi) is 5.52. The Morgan fingerprint density at radius 3 is 2.50 bits per heavy atom. The number of nitrogens with zero attached hydrogens (tertiary/aromatic N) is 3. The van der Waals surface area contributed by atoms with Crippen LogP contribution in [0.25, 0.3) is 0 Å². The number of hydrogen-bond donors (Lipinski definition) is 0. The van der Waals surface area contributed by atoms with Gasteiger partial charge in [0.2, 0.25) is 12.2 Å². The smallest absolute Gasteiger partial charge is 0.304 e. The number of hydrogen-bond acceptors (Lipinski definition) is 5. The molecule has 0 spiro atoms. The van der Waals surface area contributed by atoms with E-state index < -0.39 is 11.9 Å². The third-order valence-corrected chi connectivity index (χ3v) is 3.10. The van der Waals surface area contributed by atoms with Gasteiger partial charge in [0.25, 0.3) is 5.91 Å². The monoisotopic (exact) mass is 321 g/mol. The van der Waals surface area contributed by atoms with Crippen LogP contribution in [0.4, 0.5) is 0 Å². The predicted octanol–water partition coefficient (Wildman–Crippen LogP) is 1.72. The molecule has 0 bridgehead atoms. The average molecular weight is 322 g/mol. The van der Waals surface area contributed by atoms with Crippen molar-refractivity contribution in [1.29, 1.82) is 0 Å². The fourth-order valence-corrected chi connectivity index (χ4v) is 1.71. The molecule has 0 N–H and O–H groups in total. The van der Waals surface area contributed by atoms with Gasteiger partial charge < -0.3 is 4.74 Å². The maximum Gasteiger partial charge on any atom is 0.304 e. The molecule has 0 unspecified atom stereocenters. The average Bonchev–Trinajstić information content (AvgIpc) is 2.63. The third-order valence-electron chi connectivity index (χ3n) is 2.36. The molecular formula is C11H13Cl2N3O4. The van der Waals surface area contributed by atoms with Gasteiger partial charge in [0, 0.05) is 13.0 Å². The van der Waals surface area contributed by atoms with Crippen molar-refractivity contribution >= 4 is 41.5 Å². The van der Waals surface area contributed by atoms with Crippen LogP contribution in [0.1, 0.15) is 31.4 Å². The van der Waals surface area contributed by atoms with Gasteiger partial charge >= 0.3 is 5.97 Å². The topological polar surface area (TPSA) is 81.5 Å². The molecule has 0 aromatic carbocycles. The molecule has 0 aliphatic rings. The van der Waals surface area contributed by atoms with Gasteiger partial charge in [-0.1, -0.05) is 23.2 Å². The molecule has 0 saturated heterocycles. The summed E-state index contributed by atoms with van der Waals surface area (Å²) in [7, 11) is 0. The van der Waals surface area contributed by atoms with E-state index >= 15 is 0 Å². The van der Waals surface area contributed by atoms with E-state index in [4.69, 9.17) is 27.9 Å². The summed E-state index contributed by atoms with van der Waals surface area (Å²) in [5.74, 6) is -1.42. The van der Waals surface area contributed by atoms with E-state index in [2.05, 4.69) is 4.98 Å². The predicted molar refractivity (Wildman–Crippen MR) is 71.4 cm³/mol. The number of amides is 2. The van der Waals surface area contributed by atoms with Crippen LogP contribution in [0.3, 0.4) is 0 Å². The fraction of sp³-hybridized carbons (Fsp3) is 0.455. The number of carbonyl (C=O) groups excluding carboxylic acids is 3. The minimum atomic E-state index is -0.684. The van der Waals surface area contributed by atoms with Crippen molar-refractivity contribution < 1.29 is 19.1 Å². The molecule has 1 aromatic heterocycles. The quantitative estimate of drug-likeness (QED) is 0.609. The molecule has 7 nitrogen and oxygen atoms in total. The summed E-state index contributed by atoms with van der Waals surface area (Å²) in [4.78, 5) is 38.7. The second-order valence-corrected chi connectivity index (χ2v) is 4.84. The van der Waals surface area contributed by atoms with Crippen LogP contribution in [-0.4, -0.2) is 38.8 Å². The van der Waals surface area contributed by atoms with Gasteiger partial charge in [-0.25, -0.2) is 4.98 Å². The number of imidazole rings is 1. The van der Waals surface area contributed by atoms with Gasteiger partial charge in [0.15, 0.2) is 17.0 Å². The summed E-state index contributed by atoms with van der Waals surface area (Å²) >= 11 is 11.6. The van der Waals surface area contributed by atoms with Gasteiger partial charge in [0.05, 0.1) is 0 Å². The Morgan fingerprint density at radius 2 is 2.05 bits per heavy atom. The van der Waals surface area contributed by atoms with Gasteiger partial charge in [-0.3, -0.25) is 23.9 Å². The van der Waals surface area contributed by atoms with Crippen LogP contribution >= 0.6 is 23.2 Å². The van der Waals surface area contributed by atoms with Gasteiger partial charge in [-0.05, 0) is 13.8 Å². The molecule has 2 amide bonds. The van der Waals surface area contributed by atoms with Crippen LogP contribution in [0, 0.1) is 0 Å². The summed E-state index contributed by atoms with van der Waals surface area (Å²) in [6.07, 6.45) is 0.389. The number of esters is 1. The van der Waals surface area contributed by atoms with Crippen LogP contribution in [0.15, 0.2) is 0 Å². The number of carbonyl (C=O) groups is 3. The molecule has 1 aromatic rings. The lowest BCUT2D eigenvalue weighted by molar-refractivity contribution is -0.144. The first-order valence-electron chi connectivity index (χ1n) is 5.62. The Bertz CT molecular complexity index is 542. The molecule has 0 radical (unpaired) electrons. The van der Waals surface area contributed by atoms with E-state index in [1.54, 1.807) is 13.8 Å². The first kappa shape index (κ1) is 16.5. The molecule has 0 fully saturated rings. The Morgan fingerprint density at radius 1 is 1.45 bits per heavy atom. The number of ether oxygens (including phenoxy) is 1. The first-order chi connectivity index (χ1) is 9.29. The zero-order valence-corrected chi connectivity index (χ0v) is 12.6. The Hall–Kier alpha value is -1.60. The Labute approximate surface area is 125 Å². The lowest BCUT2D eigenvalue weighted by Gasteiger charge is -2.19. The maximum absolute atomic E-state index is 12.2. The molecule has 0 aliphatic heterocycles. The summed E-state index contributed by atoms with van der Waals surface area (Å²) in [5.41, 5.74) is 0. The molecule has 1 heterocycles. The van der Waals surface area contributed by atoms with Crippen molar-refractivity contribution in [1.82, 2.24) is 14.5 Å². The second-order valence-electron chi connectivity index (χ2n) is 4.12. The number of aromatic nitrogens is 2. The molecule has 1 rings (SSSR count). The molecule has 20 heavy (non-hydrogen) atoms. The van der Waals surface area contributed by atoms with E-state index in [1.807, 2.05) is 0 Å².